The molecule has 1 aliphatic rings. The van der Waals surface area contributed by atoms with Crippen molar-refractivity contribution in [1.82, 2.24) is 0 Å². The van der Waals surface area contributed by atoms with Crippen LogP contribution < -0.4 is 0 Å². The highest BCUT2D eigenvalue weighted by Crippen LogP contribution is 2.21. The van der Waals surface area contributed by atoms with Crippen LogP contribution >= 0.6 is 0 Å². The first-order chi connectivity index (χ1) is 7.78. The largest absolute Gasteiger partial charge is 0.192 e. The van der Waals surface area contributed by atoms with E-state index in [-0.39, 0.29) is 22.3 Å². The first-order valence-electron chi connectivity index (χ1n) is 4.22. The summed E-state index contributed by atoms with van der Waals surface area (Å²) in [4.78, 5) is 0. The van der Waals surface area contributed by atoms with Crippen molar-refractivity contribution in [2.24, 2.45) is 0 Å². The van der Waals surface area contributed by atoms with E-state index in [0.29, 0.717) is 0 Å². The lowest BCUT2D eigenvalue weighted by Gasteiger charge is -2.01. The van der Waals surface area contributed by atoms with Gasteiger partial charge in [-0.15, -0.1) is 0 Å². The van der Waals surface area contributed by atoms with Crippen LogP contribution in [0.5, 0.6) is 0 Å². The van der Waals surface area contributed by atoms with Gasteiger partial charge in [-0.25, -0.2) is 0 Å². The minimum absolute atomic E-state index is 0.0675. The lowest BCUT2D eigenvalue weighted by molar-refractivity contribution is 1.36. The zero-order valence-electron chi connectivity index (χ0n) is 8.10. The quantitative estimate of drug-likeness (QED) is 0.600. The Hall–Kier alpha value is -3.08. The summed E-state index contributed by atoms with van der Waals surface area (Å²) in [6.07, 6.45) is 5.95. The number of nitriles is 4. The van der Waals surface area contributed by atoms with E-state index in [1.54, 1.807) is 24.3 Å². The standard InChI is InChI=1S/C12H4N4/c13-5-9-3-1-2-4-10(6-14)12(8-16)11(9)7-15/h1-4H/b2-1-,3-1?,4-2?,9-3-,10-4-,11-9?,12-10?,12-11-. The van der Waals surface area contributed by atoms with Crippen molar-refractivity contribution in [2.45, 2.75) is 0 Å². The summed E-state index contributed by atoms with van der Waals surface area (Å²) in [5, 5.41) is 35.5. The molecule has 1 rings (SSSR count). The molecule has 4 nitrogen and oxygen atoms in total. The van der Waals surface area contributed by atoms with E-state index < -0.39 is 0 Å². The first kappa shape index (κ1) is 11.0. The first-order valence-corrected chi connectivity index (χ1v) is 4.22. The zero-order valence-corrected chi connectivity index (χ0v) is 8.10. The molecule has 0 aromatic heterocycles. The Morgan fingerprint density at radius 2 is 1.00 bits per heavy atom. The Morgan fingerprint density at radius 3 is 1.25 bits per heavy atom. The van der Waals surface area contributed by atoms with E-state index in [2.05, 4.69) is 0 Å². The second-order valence-electron chi connectivity index (χ2n) is 2.74. The summed E-state index contributed by atoms with van der Waals surface area (Å²) >= 11 is 0. The summed E-state index contributed by atoms with van der Waals surface area (Å²) in [5.41, 5.74) is 0.0246. The molecule has 0 bridgehead atoms. The van der Waals surface area contributed by atoms with E-state index in [9.17, 15) is 0 Å². The van der Waals surface area contributed by atoms with Gasteiger partial charge in [0.1, 0.15) is 24.3 Å². The molecule has 16 heavy (non-hydrogen) atoms. The van der Waals surface area contributed by atoms with Crippen LogP contribution in [0.25, 0.3) is 0 Å². The molecule has 72 valence electrons. The lowest BCUT2D eigenvalue weighted by atomic mass is 9.95. The highest BCUT2D eigenvalue weighted by atomic mass is 14.3. The van der Waals surface area contributed by atoms with Gasteiger partial charge < -0.3 is 0 Å². The molecule has 0 amide bonds. The predicted molar refractivity (Wildman–Crippen MR) is 54.8 cm³/mol. The van der Waals surface area contributed by atoms with Crippen LogP contribution in [0.2, 0.25) is 0 Å². The molecular weight excluding hydrogens is 200 g/mol. The fraction of sp³-hybridized carbons (Fsp3) is 0. The average Bonchev–Trinajstić information content (AvgIpc) is 2.30. The van der Waals surface area contributed by atoms with Gasteiger partial charge in [0.15, 0.2) is 0 Å². The molecule has 0 spiro atoms. The molecule has 0 aliphatic heterocycles. The third kappa shape index (κ3) is 1.88. The minimum Gasteiger partial charge on any atom is -0.192 e. The zero-order chi connectivity index (χ0) is 12.0. The van der Waals surface area contributed by atoms with Gasteiger partial charge in [0.2, 0.25) is 0 Å². The fourth-order valence-electron chi connectivity index (χ4n) is 1.16. The Balaban J connectivity index is 3.61. The summed E-state index contributed by atoms with van der Waals surface area (Å²) in [7, 11) is 0. The van der Waals surface area contributed by atoms with E-state index in [1.165, 1.54) is 12.2 Å². The molecule has 0 aromatic rings. The van der Waals surface area contributed by atoms with Crippen LogP contribution in [0.4, 0.5) is 0 Å². The van der Waals surface area contributed by atoms with Crippen molar-refractivity contribution >= 4 is 0 Å². The Bertz CT molecular complexity index is 547. The Morgan fingerprint density at radius 1 is 0.625 bits per heavy atom. The molecule has 0 atom stereocenters. The Labute approximate surface area is 92.6 Å². The van der Waals surface area contributed by atoms with E-state index in [0.717, 1.165) is 0 Å². The van der Waals surface area contributed by atoms with Gasteiger partial charge >= 0.3 is 0 Å². The molecular formula is C12H4N4. The SMILES string of the molecule is N#CC1=C(C#N)/C(C#N)=C\C=C/C=C\1C#N. The Kier molecular flexibility index (Phi) is 3.41. The summed E-state index contributed by atoms with van der Waals surface area (Å²) in [6.45, 7) is 0. The minimum atomic E-state index is -0.0675. The number of hydrogen-bond donors (Lipinski definition) is 0. The van der Waals surface area contributed by atoms with Crippen molar-refractivity contribution in [3.8, 4) is 24.3 Å². The van der Waals surface area contributed by atoms with Crippen LogP contribution in [0, 0.1) is 45.3 Å². The van der Waals surface area contributed by atoms with Crippen molar-refractivity contribution in [3.05, 3.63) is 46.6 Å². The summed E-state index contributed by atoms with van der Waals surface area (Å²) in [6, 6.07) is 7.20. The number of rotatable bonds is 0. The van der Waals surface area contributed by atoms with E-state index in [4.69, 9.17) is 21.0 Å². The molecule has 0 saturated heterocycles. The molecule has 4 heteroatoms. The third-order valence-electron chi connectivity index (χ3n) is 1.89. The van der Waals surface area contributed by atoms with Gasteiger partial charge in [0, 0.05) is 0 Å². The monoisotopic (exact) mass is 204 g/mol. The smallest absolute Gasteiger partial charge is 0.102 e. The average molecular weight is 204 g/mol. The van der Waals surface area contributed by atoms with Crippen LogP contribution in [0.15, 0.2) is 46.6 Å². The van der Waals surface area contributed by atoms with Crippen molar-refractivity contribution < 1.29 is 0 Å². The molecule has 0 radical (unpaired) electrons. The summed E-state index contributed by atoms with van der Waals surface area (Å²) < 4.78 is 0. The maximum absolute atomic E-state index is 8.91. The third-order valence-corrected chi connectivity index (χ3v) is 1.89. The van der Waals surface area contributed by atoms with E-state index >= 15 is 0 Å². The summed E-state index contributed by atoms with van der Waals surface area (Å²) in [5.74, 6) is 0. The highest BCUT2D eigenvalue weighted by Gasteiger charge is 2.15. The second kappa shape index (κ2) is 4.97. The van der Waals surface area contributed by atoms with Gasteiger partial charge in [0.25, 0.3) is 0 Å². The van der Waals surface area contributed by atoms with Gasteiger partial charge in [-0.3, -0.25) is 0 Å². The van der Waals surface area contributed by atoms with Crippen LogP contribution in [-0.4, -0.2) is 0 Å². The molecule has 0 aromatic carbocycles. The molecule has 1 aliphatic carbocycles. The number of hydrogen-bond acceptors (Lipinski definition) is 4. The number of allylic oxidation sites excluding steroid dienone is 8. The van der Waals surface area contributed by atoms with Crippen LogP contribution in [0.3, 0.4) is 0 Å². The topological polar surface area (TPSA) is 95.2 Å². The van der Waals surface area contributed by atoms with Gasteiger partial charge in [-0.1, -0.05) is 12.2 Å². The second-order valence-corrected chi connectivity index (χ2v) is 2.74. The number of nitrogens with zero attached hydrogens (tertiary/aromatic N) is 4. The fourth-order valence-corrected chi connectivity index (χ4v) is 1.16. The lowest BCUT2D eigenvalue weighted by Crippen LogP contribution is -1.95. The predicted octanol–water partition coefficient (Wildman–Crippen LogP) is 1.80. The molecule has 0 N–H and O–H groups in total. The molecule has 0 unspecified atom stereocenters. The van der Waals surface area contributed by atoms with Crippen molar-refractivity contribution in [1.29, 1.82) is 21.0 Å². The van der Waals surface area contributed by atoms with Crippen molar-refractivity contribution in [2.75, 3.05) is 0 Å². The molecule has 0 saturated carbocycles. The molecule has 0 heterocycles. The maximum atomic E-state index is 8.91. The van der Waals surface area contributed by atoms with E-state index in [1.807, 2.05) is 12.1 Å². The molecule has 0 fully saturated rings. The van der Waals surface area contributed by atoms with Gasteiger partial charge in [0.05, 0.1) is 22.3 Å². The maximum Gasteiger partial charge on any atom is 0.102 e. The van der Waals surface area contributed by atoms with Crippen molar-refractivity contribution in [3.63, 3.8) is 0 Å². The van der Waals surface area contributed by atoms with Crippen LogP contribution in [-0.2, 0) is 0 Å². The normalized spacial score (nSPS) is 27.2. The van der Waals surface area contributed by atoms with Crippen LogP contribution in [0.1, 0.15) is 0 Å². The van der Waals surface area contributed by atoms with Gasteiger partial charge in [-0.05, 0) is 12.2 Å². The van der Waals surface area contributed by atoms with Gasteiger partial charge in [-0.2, -0.15) is 21.0 Å². The highest BCUT2D eigenvalue weighted by molar-refractivity contribution is 5.66.